The zero-order chi connectivity index (χ0) is 7.28. The van der Waals surface area contributed by atoms with Crippen molar-refractivity contribution in [3.05, 3.63) is 0 Å². The first-order valence-corrected chi connectivity index (χ1v) is 3.22. The summed E-state index contributed by atoms with van der Waals surface area (Å²) in [6.45, 7) is 9.52. The molecule has 2 heteroatoms. The molecular formula is C7H14N2. The van der Waals surface area contributed by atoms with E-state index in [4.69, 9.17) is 0 Å². The lowest BCUT2D eigenvalue weighted by Gasteiger charge is -2.03. The van der Waals surface area contributed by atoms with E-state index in [2.05, 4.69) is 30.8 Å². The summed E-state index contributed by atoms with van der Waals surface area (Å²) in [7, 11) is 0. The van der Waals surface area contributed by atoms with Crippen LogP contribution in [-0.4, -0.2) is 12.4 Å². The minimum atomic E-state index is 0.537. The lowest BCUT2D eigenvalue weighted by Crippen LogP contribution is -2.03. The van der Waals surface area contributed by atoms with Crippen molar-refractivity contribution < 1.29 is 0 Å². The molecule has 0 heterocycles. The standard InChI is InChI=1S/C7H14N2/c1-5-6(2)7(3)9-8-4/h6H,4-5H2,1-3H3/b9-7-. The summed E-state index contributed by atoms with van der Waals surface area (Å²) in [6.07, 6.45) is 1.12. The van der Waals surface area contributed by atoms with Gasteiger partial charge in [-0.3, -0.25) is 0 Å². The minimum absolute atomic E-state index is 0.537. The maximum Gasteiger partial charge on any atom is 0.0402 e. The van der Waals surface area contributed by atoms with Gasteiger partial charge in [0.1, 0.15) is 0 Å². The molecule has 0 aromatic carbocycles. The summed E-state index contributed by atoms with van der Waals surface area (Å²) in [5, 5.41) is 7.27. The van der Waals surface area contributed by atoms with Crippen LogP contribution in [0.25, 0.3) is 0 Å². The van der Waals surface area contributed by atoms with Crippen molar-refractivity contribution in [3.63, 3.8) is 0 Å². The van der Waals surface area contributed by atoms with Crippen LogP contribution < -0.4 is 0 Å². The van der Waals surface area contributed by atoms with E-state index in [-0.39, 0.29) is 0 Å². The van der Waals surface area contributed by atoms with E-state index >= 15 is 0 Å². The fourth-order valence-electron chi connectivity index (χ4n) is 0.506. The van der Waals surface area contributed by atoms with Crippen LogP contribution in [0.1, 0.15) is 27.2 Å². The normalized spacial score (nSPS) is 15.2. The Hall–Kier alpha value is -0.660. The van der Waals surface area contributed by atoms with Gasteiger partial charge in [0.05, 0.1) is 0 Å². The molecule has 1 atom stereocenters. The van der Waals surface area contributed by atoms with Gasteiger partial charge in [-0.15, -0.1) is 0 Å². The van der Waals surface area contributed by atoms with Gasteiger partial charge in [0.25, 0.3) is 0 Å². The van der Waals surface area contributed by atoms with Crippen molar-refractivity contribution in [1.29, 1.82) is 0 Å². The summed E-state index contributed by atoms with van der Waals surface area (Å²) >= 11 is 0. The number of hydrogen-bond acceptors (Lipinski definition) is 2. The molecule has 0 bridgehead atoms. The predicted octanol–water partition coefficient (Wildman–Crippen LogP) is 2.11. The van der Waals surface area contributed by atoms with Gasteiger partial charge in [-0.05, 0) is 19.3 Å². The van der Waals surface area contributed by atoms with Crippen LogP contribution >= 0.6 is 0 Å². The quantitative estimate of drug-likeness (QED) is 0.408. The van der Waals surface area contributed by atoms with E-state index in [1.807, 2.05) is 6.92 Å². The Kier molecular flexibility index (Phi) is 3.93. The van der Waals surface area contributed by atoms with Crippen molar-refractivity contribution in [2.24, 2.45) is 16.1 Å². The van der Waals surface area contributed by atoms with Crippen LogP contribution in [0.4, 0.5) is 0 Å². The maximum atomic E-state index is 3.83. The monoisotopic (exact) mass is 126 g/mol. The highest BCUT2D eigenvalue weighted by molar-refractivity contribution is 5.83. The molecule has 52 valence electrons. The number of hydrogen-bond donors (Lipinski definition) is 0. The van der Waals surface area contributed by atoms with Crippen LogP contribution in [0, 0.1) is 5.92 Å². The molecule has 0 aliphatic heterocycles. The average Bonchev–Trinajstić information content (AvgIpc) is 1.87. The van der Waals surface area contributed by atoms with E-state index in [1.165, 1.54) is 0 Å². The van der Waals surface area contributed by atoms with E-state index < -0.39 is 0 Å². The molecule has 0 radical (unpaired) electrons. The molecule has 0 fully saturated rings. The Bertz CT molecular complexity index is 116. The van der Waals surface area contributed by atoms with Crippen molar-refractivity contribution in [2.75, 3.05) is 0 Å². The molecule has 0 aliphatic rings. The van der Waals surface area contributed by atoms with E-state index in [0.717, 1.165) is 12.1 Å². The lowest BCUT2D eigenvalue weighted by atomic mass is 10.1. The van der Waals surface area contributed by atoms with Crippen LogP contribution in [-0.2, 0) is 0 Å². The van der Waals surface area contributed by atoms with E-state index in [0.29, 0.717) is 5.92 Å². The van der Waals surface area contributed by atoms with Gasteiger partial charge in [-0.25, -0.2) is 0 Å². The molecule has 0 spiro atoms. The molecule has 0 saturated heterocycles. The molecule has 9 heavy (non-hydrogen) atoms. The van der Waals surface area contributed by atoms with E-state index in [1.54, 1.807) is 0 Å². The topological polar surface area (TPSA) is 24.7 Å². The number of rotatable bonds is 3. The summed E-state index contributed by atoms with van der Waals surface area (Å²) in [5.41, 5.74) is 1.06. The highest BCUT2D eigenvalue weighted by atomic mass is 15.2. The summed E-state index contributed by atoms with van der Waals surface area (Å²) < 4.78 is 0. The molecule has 0 saturated carbocycles. The highest BCUT2D eigenvalue weighted by Crippen LogP contribution is 2.02. The molecule has 0 N–H and O–H groups in total. The fraction of sp³-hybridized carbons (Fsp3) is 0.714. The first kappa shape index (κ1) is 8.34. The molecule has 0 aromatic rings. The van der Waals surface area contributed by atoms with Gasteiger partial charge in [-0.1, -0.05) is 13.8 Å². The second-order valence-electron chi connectivity index (χ2n) is 2.19. The van der Waals surface area contributed by atoms with E-state index in [9.17, 15) is 0 Å². The van der Waals surface area contributed by atoms with Crippen molar-refractivity contribution in [1.82, 2.24) is 0 Å². The zero-order valence-electron chi connectivity index (χ0n) is 6.39. The Morgan fingerprint density at radius 2 is 2.22 bits per heavy atom. The molecule has 2 nitrogen and oxygen atoms in total. The third-order valence-electron chi connectivity index (χ3n) is 1.55. The molecular weight excluding hydrogens is 112 g/mol. The lowest BCUT2D eigenvalue weighted by molar-refractivity contribution is 0.732. The Morgan fingerprint density at radius 1 is 1.67 bits per heavy atom. The van der Waals surface area contributed by atoms with Crippen LogP contribution in [0.15, 0.2) is 10.2 Å². The third kappa shape index (κ3) is 3.01. The highest BCUT2D eigenvalue weighted by Gasteiger charge is 2.00. The van der Waals surface area contributed by atoms with Gasteiger partial charge in [0, 0.05) is 12.4 Å². The van der Waals surface area contributed by atoms with Crippen molar-refractivity contribution >= 4 is 12.4 Å². The fourth-order valence-corrected chi connectivity index (χ4v) is 0.506. The van der Waals surface area contributed by atoms with Gasteiger partial charge < -0.3 is 0 Å². The zero-order valence-corrected chi connectivity index (χ0v) is 6.39. The van der Waals surface area contributed by atoms with Crippen molar-refractivity contribution in [3.8, 4) is 0 Å². The van der Waals surface area contributed by atoms with Gasteiger partial charge >= 0.3 is 0 Å². The first-order valence-electron chi connectivity index (χ1n) is 3.22. The summed E-state index contributed by atoms with van der Waals surface area (Å²) in [5.74, 6) is 0.537. The molecule has 0 aliphatic carbocycles. The summed E-state index contributed by atoms with van der Waals surface area (Å²) in [4.78, 5) is 0. The van der Waals surface area contributed by atoms with Crippen LogP contribution in [0.5, 0.6) is 0 Å². The molecule has 0 aromatic heterocycles. The molecule has 0 rings (SSSR count). The minimum Gasteiger partial charge on any atom is -0.167 e. The SMILES string of the molecule is C=N/N=C(/C)C(C)CC. The van der Waals surface area contributed by atoms with Gasteiger partial charge in [0.15, 0.2) is 0 Å². The average molecular weight is 126 g/mol. The Labute approximate surface area is 56.7 Å². The Morgan fingerprint density at radius 3 is 2.56 bits per heavy atom. The second kappa shape index (κ2) is 4.24. The number of nitrogens with zero attached hydrogens (tertiary/aromatic N) is 2. The second-order valence-corrected chi connectivity index (χ2v) is 2.19. The first-order chi connectivity index (χ1) is 4.22. The van der Waals surface area contributed by atoms with Crippen molar-refractivity contribution in [2.45, 2.75) is 27.2 Å². The Balaban J connectivity index is 3.84. The van der Waals surface area contributed by atoms with Crippen LogP contribution in [0.2, 0.25) is 0 Å². The maximum absolute atomic E-state index is 3.83. The van der Waals surface area contributed by atoms with Gasteiger partial charge in [-0.2, -0.15) is 10.2 Å². The smallest absolute Gasteiger partial charge is 0.0402 e. The largest absolute Gasteiger partial charge is 0.167 e. The summed E-state index contributed by atoms with van der Waals surface area (Å²) in [6, 6.07) is 0. The molecule has 0 amide bonds. The predicted molar refractivity (Wildman–Crippen MR) is 42.1 cm³/mol. The van der Waals surface area contributed by atoms with Gasteiger partial charge in [0.2, 0.25) is 0 Å². The van der Waals surface area contributed by atoms with Crippen LogP contribution in [0.3, 0.4) is 0 Å². The third-order valence-corrected chi connectivity index (χ3v) is 1.55. The molecule has 1 unspecified atom stereocenters.